The van der Waals surface area contributed by atoms with Crippen LogP contribution in [-0.4, -0.2) is 61.3 Å². The molecule has 1 aromatic heterocycles. The van der Waals surface area contributed by atoms with E-state index in [0.717, 1.165) is 5.69 Å². The van der Waals surface area contributed by atoms with Crippen molar-refractivity contribution in [1.29, 1.82) is 0 Å². The fourth-order valence-electron chi connectivity index (χ4n) is 3.36. The molecule has 1 aliphatic heterocycles. The number of rotatable bonds is 6. The second-order valence-electron chi connectivity index (χ2n) is 7.01. The van der Waals surface area contributed by atoms with Crippen LogP contribution in [0.4, 0.5) is 5.69 Å². The van der Waals surface area contributed by atoms with Gasteiger partial charge in [0.2, 0.25) is 0 Å². The van der Waals surface area contributed by atoms with Gasteiger partial charge in [-0.25, -0.2) is 8.42 Å². The smallest absolute Gasteiger partial charge is 0.316 e. The first-order valence-electron chi connectivity index (χ1n) is 9.72. The molecule has 0 unspecified atom stereocenters. The highest BCUT2D eigenvalue weighted by atomic mass is 32.2. The number of hydrogen-bond acceptors (Lipinski definition) is 7. The lowest BCUT2D eigenvalue weighted by molar-refractivity contribution is 0.0696. The fraction of sp³-hybridized carbons (Fsp3) is 0.286. The summed E-state index contributed by atoms with van der Waals surface area (Å²) in [6.45, 7) is 2.53. The molecule has 0 radical (unpaired) electrons. The molecule has 0 N–H and O–H groups in total. The van der Waals surface area contributed by atoms with Crippen LogP contribution in [0.2, 0.25) is 0 Å². The Morgan fingerprint density at radius 1 is 0.933 bits per heavy atom. The number of piperazine rings is 1. The first-order chi connectivity index (χ1) is 14.5. The van der Waals surface area contributed by atoms with Gasteiger partial charge in [0.05, 0.1) is 10.6 Å². The standard InChI is InChI=1S/C21H22N4O4S/c26-21(25-14-12-24(13-15-25)17-7-3-1-4-8-17)20-22-19(23-29-20)11-16-30(27,28)18-9-5-2-6-10-18/h1-10H,11-16H2. The molecule has 3 aromatic rings. The van der Waals surface area contributed by atoms with Crippen LogP contribution in [0.5, 0.6) is 0 Å². The van der Waals surface area contributed by atoms with Crippen molar-refractivity contribution in [3.05, 3.63) is 72.4 Å². The summed E-state index contributed by atoms with van der Waals surface area (Å²) in [5, 5.41) is 3.78. The molecule has 1 aliphatic rings. The van der Waals surface area contributed by atoms with Gasteiger partial charge in [-0.15, -0.1) is 0 Å². The molecular weight excluding hydrogens is 404 g/mol. The summed E-state index contributed by atoms with van der Waals surface area (Å²) in [5.74, 6) is -0.372. The Bertz CT molecular complexity index is 1090. The summed E-state index contributed by atoms with van der Waals surface area (Å²) in [6, 6.07) is 18.3. The predicted molar refractivity (Wildman–Crippen MR) is 111 cm³/mol. The van der Waals surface area contributed by atoms with Crippen molar-refractivity contribution < 1.29 is 17.7 Å². The predicted octanol–water partition coefficient (Wildman–Crippen LogP) is 2.05. The van der Waals surface area contributed by atoms with E-state index in [1.807, 2.05) is 30.3 Å². The number of hydrogen-bond donors (Lipinski definition) is 0. The third-order valence-corrected chi connectivity index (χ3v) is 6.77. The molecule has 30 heavy (non-hydrogen) atoms. The molecule has 0 spiro atoms. The van der Waals surface area contributed by atoms with Gasteiger partial charge in [-0.05, 0) is 24.3 Å². The summed E-state index contributed by atoms with van der Waals surface area (Å²) in [4.78, 5) is 20.9. The maximum atomic E-state index is 12.7. The van der Waals surface area contributed by atoms with Crippen LogP contribution in [0.1, 0.15) is 16.5 Å². The normalized spacial score (nSPS) is 14.7. The summed E-state index contributed by atoms with van der Waals surface area (Å²) in [7, 11) is -3.44. The average molecular weight is 426 g/mol. The van der Waals surface area contributed by atoms with E-state index in [-0.39, 0.29) is 34.7 Å². The lowest BCUT2D eigenvalue weighted by atomic mass is 10.2. The number of benzene rings is 2. The van der Waals surface area contributed by atoms with E-state index in [0.29, 0.717) is 26.2 Å². The molecule has 1 fully saturated rings. The molecular formula is C21H22N4O4S. The van der Waals surface area contributed by atoms with Crippen LogP contribution in [-0.2, 0) is 16.3 Å². The Morgan fingerprint density at radius 3 is 2.23 bits per heavy atom. The van der Waals surface area contributed by atoms with Crippen molar-refractivity contribution >= 4 is 21.4 Å². The number of carbonyl (C=O) groups is 1. The Hall–Kier alpha value is -3.20. The highest BCUT2D eigenvalue weighted by Crippen LogP contribution is 2.17. The molecule has 1 saturated heterocycles. The third kappa shape index (κ3) is 4.51. The van der Waals surface area contributed by atoms with Crippen molar-refractivity contribution in [2.45, 2.75) is 11.3 Å². The first kappa shape index (κ1) is 20.1. The summed E-state index contributed by atoms with van der Waals surface area (Å²) in [5.41, 5.74) is 1.13. The molecule has 1 amide bonds. The number of carbonyl (C=O) groups excluding carboxylic acids is 1. The van der Waals surface area contributed by atoms with E-state index in [4.69, 9.17) is 4.52 Å². The van der Waals surface area contributed by atoms with E-state index in [1.54, 1.807) is 35.2 Å². The van der Waals surface area contributed by atoms with Crippen LogP contribution < -0.4 is 4.90 Å². The van der Waals surface area contributed by atoms with Crippen LogP contribution >= 0.6 is 0 Å². The number of amides is 1. The van der Waals surface area contributed by atoms with Crippen molar-refractivity contribution in [1.82, 2.24) is 15.0 Å². The van der Waals surface area contributed by atoms with E-state index in [2.05, 4.69) is 15.0 Å². The van der Waals surface area contributed by atoms with Crippen LogP contribution in [0, 0.1) is 0 Å². The number of aromatic nitrogens is 2. The van der Waals surface area contributed by atoms with Crippen molar-refractivity contribution in [2.75, 3.05) is 36.8 Å². The molecule has 0 aliphatic carbocycles. The third-order valence-electron chi connectivity index (χ3n) is 5.04. The van der Waals surface area contributed by atoms with Gasteiger partial charge in [0.15, 0.2) is 15.7 Å². The van der Waals surface area contributed by atoms with E-state index in [1.165, 1.54) is 0 Å². The van der Waals surface area contributed by atoms with Crippen molar-refractivity contribution in [3.8, 4) is 0 Å². The van der Waals surface area contributed by atoms with Gasteiger partial charge in [-0.3, -0.25) is 4.79 Å². The zero-order chi connectivity index (χ0) is 21.0. The van der Waals surface area contributed by atoms with Crippen LogP contribution in [0.25, 0.3) is 0 Å². The van der Waals surface area contributed by atoms with E-state index in [9.17, 15) is 13.2 Å². The molecule has 0 bridgehead atoms. The first-order valence-corrected chi connectivity index (χ1v) is 11.4. The van der Waals surface area contributed by atoms with Gasteiger partial charge >= 0.3 is 11.8 Å². The average Bonchev–Trinajstić information content (AvgIpc) is 3.28. The van der Waals surface area contributed by atoms with E-state index < -0.39 is 9.84 Å². The SMILES string of the molecule is O=C(c1nc(CCS(=O)(=O)c2ccccc2)no1)N1CCN(c2ccccc2)CC1. The van der Waals surface area contributed by atoms with Crippen molar-refractivity contribution in [2.24, 2.45) is 0 Å². The Balaban J connectivity index is 1.33. The second-order valence-corrected chi connectivity index (χ2v) is 9.12. The Morgan fingerprint density at radius 2 is 1.57 bits per heavy atom. The number of para-hydroxylation sites is 1. The minimum absolute atomic E-state index is 0.0792. The molecule has 0 saturated carbocycles. The molecule has 156 valence electrons. The molecule has 4 rings (SSSR count). The monoisotopic (exact) mass is 426 g/mol. The fourth-order valence-corrected chi connectivity index (χ4v) is 4.61. The van der Waals surface area contributed by atoms with Crippen molar-refractivity contribution in [3.63, 3.8) is 0 Å². The van der Waals surface area contributed by atoms with Crippen LogP contribution in [0.15, 0.2) is 70.1 Å². The highest BCUT2D eigenvalue weighted by molar-refractivity contribution is 7.91. The maximum absolute atomic E-state index is 12.7. The lowest BCUT2D eigenvalue weighted by Gasteiger charge is -2.35. The topological polar surface area (TPSA) is 96.6 Å². The van der Waals surface area contributed by atoms with Crippen LogP contribution in [0.3, 0.4) is 0 Å². The Kier molecular flexibility index (Phi) is 5.80. The zero-order valence-corrected chi connectivity index (χ0v) is 17.2. The number of sulfone groups is 1. The second kappa shape index (κ2) is 8.66. The highest BCUT2D eigenvalue weighted by Gasteiger charge is 2.26. The van der Waals surface area contributed by atoms with Gasteiger partial charge in [0, 0.05) is 38.3 Å². The largest absolute Gasteiger partial charge is 0.368 e. The van der Waals surface area contributed by atoms with Gasteiger partial charge in [0.25, 0.3) is 0 Å². The van der Waals surface area contributed by atoms with Gasteiger partial charge < -0.3 is 14.3 Å². The van der Waals surface area contributed by atoms with E-state index >= 15 is 0 Å². The summed E-state index contributed by atoms with van der Waals surface area (Å²) < 4.78 is 29.9. The number of nitrogens with zero attached hydrogens (tertiary/aromatic N) is 4. The minimum Gasteiger partial charge on any atom is -0.368 e. The van der Waals surface area contributed by atoms with Gasteiger partial charge in [-0.1, -0.05) is 41.6 Å². The van der Waals surface area contributed by atoms with Gasteiger partial charge in [-0.2, -0.15) is 4.98 Å². The molecule has 8 nitrogen and oxygen atoms in total. The summed E-state index contributed by atoms with van der Waals surface area (Å²) >= 11 is 0. The lowest BCUT2D eigenvalue weighted by Crippen LogP contribution is -2.48. The minimum atomic E-state index is -3.44. The molecule has 2 aromatic carbocycles. The number of aryl methyl sites for hydroxylation is 1. The Labute approximate surface area is 175 Å². The molecule has 9 heteroatoms. The number of anilines is 1. The summed E-state index contributed by atoms with van der Waals surface area (Å²) in [6.07, 6.45) is 0.0792. The maximum Gasteiger partial charge on any atom is 0.316 e. The zero-order valence-electron chi connectivity index (χ0n) is 16.3. The molecule has 0 atom stereocenters. The van der Waals surface area contributed by atoms with Gasteiger partial charge in [0.1, 0.15) is 0 Å². The quantitative estimate of drug-likeness (QED) is 0.595. The molecule has 2 heterocycles.